The van der Waals surface area contributed by atoms with Gasteiger partial charge in [-0.1, -0.05) is 30.0 Å². The fraction of sp³-hybridized carbons (Fsp3) is 0.286. The standard InChI is InChI=1S/C21H23N5O4S/c1-5-25-19(16-8-6-7-9-18(16)30-4)23-24-21(25)31-14(3)20(27)22-17-12-15(26(28)29)11-10-13(17)2/h6-12,14H,5H2,1-4H3,(H,22,27)/t14-/m1/s1. The molecular formula is C21H23N5O4S. The van der Waals surface area contributed by atoms with Gasteiger partial charge < -0.3 is 14.6 Å². The lowest BCUT2D eigenvalue weighted by atomic mass is 10.2. The summed E-state index contributed by atoms with van der Waals surface area (Å²) >= 11 is 1.27. The highest BCUT2D eigenvalue weighted by atomic mass is 32.2. The number of nitro groups is 1. The van der Waals surface area contributed by atoms with Gasteiger partial charge in [-0.05, 0) is 38.5 Å². The van der Waals surface area contributed by atoms with Gasteiger partial charge >= 0.3 is 0 Å². The predicted molar refractivity (Wildman–Crippen MR) is 119 cm³/mol. The van der Waals surface area contributed by atoms with E-state index in [1.807, 2.05) is 35.8 Å². The number of para-hydroxylation sites is 1. The van der Waals surface area contributed by atoms with Crippen molar-refractivity contribution in [2.75, 3.05) is 12.4 Å². The summed E-state index contributed by atoms with van der Waals surface area (Å²) in [4.78, 5) is 23.3. The second-order valence-corrected chi connectivity index (χ2v) is 8.06. The topological polar surface area (TPSA) is 112 Å². The summed E-state index contributed by atoms with van der Waals surface area (Å²) in [6.45, 7) is 6.12. The van der Waals surface area contributed by atoms with Gasteiger partial charge in [0.1, 0.15) is 5.75 Å². The molecule has 0 saturated heterocycles. The van der Waals surface area contributed by atoms with Gasteiger partial charge in [-0.25, -0.2) is 0 Å². The highest BCUT2D eigenvalue weighted by Gasteiger charge is 2.22. The van der Waals surface area contributed by atoms with Crippen LogP contribution in [0.25, 0.3) is 11.4 Å². The number of hydrogen-bond donors (Lipinski definition) is 1. The number of nitro benzene ring substituents is 1. The zero-order valence-corrected chi connectivity index (χ0v) is 18.5. The van der Waals surface area contributed by atoms with Crippen LogP contribution in [0.2, 0.25) is 0 Å². The molecule has 162 valence electrons. The second-order valence-electron chi connectivity index (χ2n) is 6.76. The molecule has 0 unspecified atom stereocenters. The Balaban J connectivity index is 1.80. The van der Waals surface area contributed by atoms with Crippen LogP contribution in [0, 0.1) is 17.0 Å². The van der Waals surface area contributed by atoms with Gasteiger partial charge in [0.15, 0.2) is 11.0 Å². The van der Waals surface area contributed by atoms with Crippen LogP contribution in [0.5, 0.6) is 5.75 Å². The molecule has 0 bridgehead atoms. The predicted octanol–water partition coefficient (Wildman–Crippen LogP) is 4.31. The van der Waals surface area contributed by atoms with Gasteiger partial charge in [-0.15, -0.1) is 10.2 Å². The lowest BCUT2D eigenvalue weighted by Crippen LogP contribution is -2.23. The summed E-state index contributed by atoms with van der Waals surface area (Å²) in [6.07, 6.45) is 0. The first kappa shape index (κ1) is 22.3. The molecule has 3 aromatic rings. The van der Waals surface area contributed by atoms with Crippen molar-refractivity contribution < 1.29 is 14.5 Å². The number of benzene rings is 2. The molecule has 10 heteroatoms. The number of hydrogen-bond acceptors (Lipinski definition) is 7. The van der Waals surface area contributed by atoms with Crippen molar-refractivity contribution in [2.45, 2.75) is 37.7 Å². The van der Waals surface area contributed by atoms with Gasteiger partial charge in [0.2, 0.25) is 5.91 Å². The van der Waals surface area contributed by atoms with Crippen molar-refractivity contribution >= 4 is 29.0 Å². The summed E-state index contributed by atoms with van der Waals surface area (Å²) in [7, 11) is 1.60. The van der Waals surface area contributed by atoms with Gasteiger partial charge in [-0.2, -0.15) is 0 Å². The number of aryl methyl sites for hydroxylation is 1. The van der Waals surface area contributed by atoms with E-state index in [-0.39, 0.29) is 11.6 Å². The number of thioether (sulfide) groups is 1. The van der Waals surface area contributed by atoms with Crippen LogP contribution in [0.1, 0.15) is 19.4 Å². The van der Waals surface area contributed by atoms with E-state index in [0.717, 1.165) is 11.1 Å². The molecule has 9 nitrogen and oxygen atoms in total. The van der Waals surface area contributed by atoms with Crippen molar-refractivity contribution in [3.05, 3.63) is 58.1 Å². The quantitative estimate of drug-likeness (QED) is 0.315. The maximum atomic E-state index is 12.7. The molecule has 0 spiro atoms. The fourth-order valence-corrected chi connectivity index (χ4v) is 3.91. The number of nitrogens with zero attached hydrogens (tertiary/aromatic N) is 4. The van der Waals surface area contributed by atoms with Gasteiger partial charge in [0.25, 0.3) is 5.69 Å². The Labute approximate surface area is 184 Å². The Kier molecular flexibility index (Phi) is 6.91. The van der Waals surface area contributed by atoms with Crippen molar-refractivity contribution in [2.24, 2.45) is 0 Å². The summed E-state index contributed by atoms with van der Waals surface area (Å²) in [5, 5.41) is 22.5. The van der Waals surface area contributed by atoms with Gasteiger partial charge in [0, 0.05) is 18.7 Å². The highest BCUT2D eigenvalue weighted by molar-refractivity contribution is 8.00. The van der Waals surface area contributed by atoms with Crippen LogP contribution in [0.4, 0.5) is 11.4 Å². The number of carbonyl (C=O) groups is 1. The van der Waals surface area contributed by atoms with E-state index in [4.69, 9.17) is 4.74 Å². The van der Waals surface area contributed by atoms with E-state index in [2.05, 4.69) is 15.5 Å². The monoisotopic (exact) mass is 441 g/mol. The number of non-ortho nitro benzene ring substituents is 1. The van der Waals surface area contributed by atoms with Crippen molar-refractivity contribution in [3.63, 3.8) is 0 Å². The first-order valence-electron chi connectivity index (χ1n) is 9.64. The molecule has 0 fully saturated rings. The number of rotatable bonds is 8. The largest absolute Gasteiger partial charge is 0.496 e. The zero-order valence-electron chi connectivity index (χ0n) is 17.7. The Bertz CT molecular complexity index is 1110. The Hall–Kier alpha value is -3.40. The minimum absolute atomic E-state index is 0.0756. The maximum Gasteiger partial charge on any atom is 0.271 e. The van der Waals surface area contributed by atoms with Gasteiger partial charge in [0.05, 0.1) is 28.5 Å². The molecule has 0 aliphatic rings. The van der Waals surface area contributed by atoms with Crippen molar-refractivity contribution in [1.29, 1.82) is 0 Å². The van der Waals surface area contributed by atoms with E-state index < -0.39 is 10.2 Å². The summed E-state index contributed by atoms with van der Waals surface area (Å²) in [5.74, 6) is 1.07. The average Bonchev–Trinajstić information content (AvgIpc) is 3.17. The molecule has 3 rings (SSSR count). The normalized spacial score (nSPS) is 11.7. The number of methoxy groups -OCH3 is 1. The molecule has 1 aromatic heterocycles. The molecular weight excluding hydrogens is 418 g/mol. The molecule has 1 atom stereocenters. The van der Waals surface area contributed by atoms with Crippen LogP contribution in [-0.2, 0) is 11.3 Å². The van der Waals surface area contributed by atoms with E-state index in [9.17, 15) is 14.9 Å². The van der Waals surface area contributed by atoms with Crippen LogP contribution in [0.15, 0.2) is 47.6 Å². The third kappa shape index (κ3) is 4.85. The molecule has 1 N–H and O–H groups in total. The molecule has 1 amide bonds. The minimum Gasteiger partial charge on any atom is -0.496 e. The van der Waals surface area contributed by atoms with Crippen molar-refractivity contribution in [1.82, 2.24) is 14.8 Å². The summed E-state index contributed by atoms with van der Waals surface area (Å²) < 4.78 is 7.35. The van der Waals surface area contributed by atoms with Crippen LogP contribution < -0.4 is 10.1 Å². The van der Waals surface area contributed by atoms with Gasteiger partial charge in [-0.3, -0.25) is 14.9 Å². The molecule has 0 aliphatic carbocycles. The molecule has 0 radical (unpaired) electrons. The van der Waals surface area contributed by atoms with E-state index >= 15 is 0 Å². The first-order valence-corrected chi connectivity index (χ1v) is 10.5. The highest BCUT2D eigenvalue weighted by Crippen LogP contribution is 2.32. The van der Waals surface area contributed by atoms with Crippen LogP contribution in [0.3, 0.4) is 0 Å². The number of ether oxygens (including phenoxy) is 1. The fourth-order valence-electron chi connectivity index (χ4n) is 2.99. The molecule has 2 aromatic carbocycles. The summed E-state index contributed by atoms with van der Waals surface area (Å²) in [5.41, 5.74) is 1.90. The SMILES string of the molecule is CCn1c(S[C@H](C)C(=O)Nc2cc([N+](=O)[O-])ccc2C)nnc1-c1ccccc1OC. The Morgan fingerprint density at radius 1 is 1.29 bits per heavy atom. The minimum atomic E-state index is -0.501. The van der Waals surface area contributed by atoms with E-state index in [1.165, 1.54) is 23.9 Å². The number of anilines is 1. The molecule has 1 heterocycles. The Morgan fingerprint density at radius 3 is 2.71 bits per heavy atom. The second kappa shape index (κ2) is 9.61. The summed E-state index contributed by atoms with van der Waals surface area (Å²) in [6, 6.07) is 11.9. The smallest absolute Gasteiger partial charge is 0.271 e. The molecule has 0 aliphatic heterocycles. The Morgan fingerprint density at radius 2 is 2.03 bits per heavy atom. The average molecular weight is 442 g/mol. The third-order valence-electron chi connectivity index (χ3n) is 4.72. The lowest BCUT2D eigenvalue weighted by molar-refractivity contribution is -0.384. The first-order chi connectivity index (χ1) is 14.8. The number of amides is 1. The number of aromatic nitrogens is 3. The molecule has 31 heavy (non-hydrogen) atoms. The maximum absolute atomic E-state index is 12.7. The zero-order chi connectivity index (χ0) is 22.5. The molecule has 0 saturated carbocycles. The number of carbonyl (C=O) groups excluding carboxylic acids is 1. The van der Waals surface area contributed by atoms with E-state index in [0.29, 0.717) is 29.0 Å². The number of nitrogens with one attached hydrogen (secondary N) is 1. The third-order valence-corrected chi connectivity index (χ3v) is 5.80. The lowest BCUT2D eigenvalue weighted by Gasteiger charge is -2.14. The van der Waals surface area contributed by atoms with Crippen LogP contribution in [-0.4, -0.2) is 38.0 Å². The van der Waals surface area contributed by atoms with Crippen LogP contribution >= 0.6 is 11.8 Å². The van der Waals surface area contributed by atoms with E-state index in [1.54, 1.807) is 27.0 Å². The van der Waals surface area contributed by atoms with Crippen molar-refractivity contribution in [3.8, 4) is 17.1 Å².